The molecule has 2 N–H and O–H groups in total. The van der Waals surface area contributed by atoms with Gasteiger partial charge in [-0.1, -0.05) is 35.8 Å². The molecule has 0 unspecified atom stereocenters. The topological polar surface area (TPSA) is 139 Å². The van der Waals surface area contributed by atoms with Crippen LogP contribution in [0.3, 0.4) is 0 Å². The van der Waals surface area contributed by atoms with Gasteiger partial charge in [0.25, 0.3) is 0 Å². The van der Waals surface area contributed by atoms with Crippen LogP contribution in [-0.2, 0) is 9.59 Å². The van der Waals surface area contributed by atoms with Crippen molar-refractivity contribution in [1.29, 1.82) is 0 Å². The van der Waals surface area contributed by atoms with Gasteiger partial charge >= 0.3 is 35.0 Å². The number of methoxy groups -OCH3 is 2. The van der Waals surface area contributed by atoms with Crippen molar-refractivity contribution in [1.82, 2.24) is 0 Å². The zero-order valence-electron chi connectivity index (χ0n) is 15.8. The monoisotopic (exact) mass is 410 g/mol. The summed E-state index contributed by atoms with van der Waals surface area (Å²) in [6.07, 6.45) is 4.78. The molecule has 0 radical (unpaired) electrons. The van der Waals surface area contributed by atoms with E-state index < -0.39 is 11.9 Å². The number of rotatable bonds is 6. The van der Waals surface area contributed by atoms with E-state index >= 15 is 0 Å². The van der Waals surface area contributed by atoms with Gasteiger partial charge in [-0.25, -0.2) is 9.59 Å². The Kier molecular flexibility index (Phi) is 11.6. The molecule has 2 aromatic rings. The van der Waals surface area contributed by atoms with Crippen LogP contribution >= 0.6 is 0 Å². The van der Waals surface area contributed by atoms with E-state index in [4.69, 9.17) is 19.7 Å². The zero-order valence-corrected chi connectivity index (χ0v) is 17.2. The summed E-state index contributed by atoms with van der Waals surface area (Å²) in [5.74, 6) is -2.10. The van der Waals surface area contributed by atoms with Crippen LogP contribution in [0.4, 0.5) is 0 Å². The van der Waals surface area contributed by atoms with Gasteiger partial charge in [0.15, 0.2) is 0 Å². The number of carboxylic acid groups (broad SMARTS) is 2. The van der Waals surface area contributed by atoms with Crippen molar-refractivity contribution in [2.45, 2.75) is 0 Å². The molecule has 0 aromatic heterocycles. The van der Waals surface area contributed by atoms with Crippen molar-refractivity contribution in [2.24, 2.45) is 0 Å². The van der Waals surface area contributed by atoms with Crippen molar-refractivity contribution in [3.05, 3.63) is 59.7 Å². The van der Waals surface area contributed by atoms with Crippen LogP contribution in [0.1, 0.15) is 11.1 Å². The van der Waals surface area contributed by atoms with Crippen molar-refractivity contribution in [2.75, 3.05) is 14.2 Å². The molecular formula is C20H18MgO8. The van der Waals surface area contributed by atoms with Crippen molar-refractivity contribution in [3.63, 3.8) is 0 Å². The molecule has 0 fully saturated rings. The molecule has 9 heteroatoms. The molecule has 2 rings (SSSR count). The van der Waals surface area contributed by atoms with Crippen LogP contribution < -0.4 is 19.7 Å². The van der Waals surface area contributed by atoms with E-state index in [9.17, 15) is 19.8 Å². The Morgan fingerprint density at radius 2 is 1.14 bits per heavy atom. The second-order valence-electron chi connectivity index (χ2n) is 5.16. The Morgan fingerprint density at radius 1 is 0.793 bits per heavy atom. The van der Waals surface area contributed by atoms with Gasteiger partial charge < -0.3 is 29.9 Å². The first-order valence-electron chi connectivity index (χ1n) is 7.79. The van der Waals surface area contributed by atoms with Gasteiger partial charge in [0.1, 0.15) is 11.5 Å². The Hall–Kier alpha value is -3.17. The summed E-state index contributed by atoms with van der Waals surface area (Å²) in [6.45, 7) is 0. The quantitative estimate of drug-likeness (QED) is 0.537. The average molecular weight is 411 g/mol. The molecule has 2 aromatic carbocycles. The van der Waals surface area contributed by atoms with Gasteiger partial charge in [-0.05, 0) is 35.4 Å². The SMILES string of the molecule is COc1cc(/C=C/C(=O)O)ccc1[O-].COc1cc(/C=C\C(=O)O)ccc1[O-].[Mg+2]. The molecule has 0 saturated heterocycles. The summed E-state index contributed by atoms with van der Waals surface area (Å²) in [5.41, 5.74) is 1.23. The second-order valence-corrected chi connectivity index (χ2v) is 5.16. The zero-order chi connectivity index (χ0) is 21.1. The predicted octanol–water partition coefficient (Wildman–Crippen LogP) is 1.35. The minimum Gasteiger partial charge on any atom is -0.870 e. The number of hydrogen-bond donors (Lipinski definition) is 2. The maximum atomic E-state index is 11.1. The largest absolute Gasteiger partial charge is 2.00 e. The molecule has 0 atom stereocenters. The van der Waals surface area contributed by atoms with E-state index in [0.29, 0.717) is 11.1 Å². The minimum absolute atomic E-state index is 0. The molecule has 29 heavy (non-hydrogen) atoms. The molecule has 8 nitrogen and oxygen atoms in total. The third kappa shape index (κ3) is 9.54. The normalized spacial score (nSPS) is 10.0. The van der Waals surface area contributed by atoms with Gasteiger partial charge in [-0.2, -0.15) is 0 Å². The molecule has 0 aliphatic carbocycles. The van der Waals surface area contributed by atoms with Crippen molar-refractivity contribution < 1.29 is 39.5 Å². The molecule has 0 heterocycles. The number of carboxylic acids is 2. The number of ether oxygens (including phenoxy) is 2. The maximum Gasteiger partial charge on any atom is 2.00 e. The van der Waals surface area contributed by atoms with Crippen LogP contribution in [0.5, 0.6) is 23.0 Å². The fraction of sp³-hybridized carbons (Fsp3) is 0.100. The molecule has 0 saturated carbocycles. The van der Waals surface area contributed by atoms with E-state index in [1.165, 1.54) is 62.8 Å². The molecule has 0 aliphatic heterocycles. The van der Waals surface area contributed by atoms with Crippen LogP contribution in [-0.4, -0.2) is 59.4 Å². The van der Waals surface area contributed by atoms with E-state index in [-0.39, 0.29) is 46.1 Å². The van der Waals surface area contributed by atoms with Gasteiger partial charge in [0.05, 0.1) is 14.2 Å². The first-order chi connectivity index (χ1) is 13.3. The van der Waals surface area contributed by atoms with Crippen molar-refractivity contribution in [3.8, 4) is 23.0 Å². The first kappa shape index (κ1) is 25.8. The molecule has 0 amide bonds. The first-order valence-corrected chi connectivity index (χ1v) is 7.79. The van der Waals surface area contributed by atoms with Crippen LogP contribution in [0.15, 0.2) is 48.6 Å². The molecule has 0 spiro atoms. The minimum atomic E-state index is -1.03. The average Bonchev–Trinajstić information content (AvgIpc) is 2.67. The third-order valence-electron chi connectivity index (χ3n) is 3.21. The van der Waals surface area contributed by atoms with E-state index in [0.717, 1.165) is 12.2 Å². The second kappa shape index (κ2) is 13.1. The number of hydrogen-bond acceptors (Lipinski definition) is 6. The fourth-order valence-corrected chi connectivity index (χ4v) is 1.91. The standard InChI is InChI=1S/2C10H10O4.Mg/c2*1-14-9-6-7(2-4-8(9)11)3-5-10(12)13;/h2*2-6,11H,1H3,(H,12,13);/q;;+2/p-2/b5-3+;5-3-;. The Labute approximate surface area is 183 Å². The van der Waals surface area contributed by atoms with E-state index in [1.807, 2.05) is 0 Å². The van der Waals surface area contributed by atoms with Gasteiger partial charge in [-0.3, -0.25) is 0 Å². The molecule has 148 valence electrons. The summed E-state index contributed by atoms with van der Waals surface area (Å²) in [4.78, 5) is 20.4. The smallest absolute Gasteiger partial charge is 0.870 e. The number of carbonyl (C=O) groups is 2. The number of benzene rings is 2. The van der Waals surface area contributed by atoms with Crippen LogP contribution in [0, 0.1) is 0 Å². The van der Waals surface area contributed by atoms with E-state index in [2.05, 4.69) is 0 Å². The van der Waals surface area contributed by atoms with E-state index in [1.54, 1.807) is 0 Å². The molecular weight excluding hydrogens is 393 g/mol. The summed E-state index contributed by atoms with van der Waals surface area (Å²) >= 11 is 0. The van der Waals surface area contributed by atoms with Gasteiger partial charge in [0, 0.05) is 12.2 Å². The number of aliphatic carboxylic acids is 2. The predicted molar refractivity (Wildman–Crippen MR) is 104 cm³/mol. The molecule has 0 bridgehead atoms. The van der Waals surface area contributed by atoms with Gasteiger partial charge in [0.2, 0.25) is 0 Å². The molecule has 0 aliphatic rings. The maximum absolute atomic E-state index is 11.1. The summed E-state index contributed by atoms with van der Waals surface area (Å²) in [5, 5.41) is 38.9. The Bertz CT molecular complexity index is 817. The summed E-state index contributed by atoms with van der Waals surface area (Å²) < 4.78 is 9.60. The third-order valence-corrected chi connectivity index (χ3v) is 3.21. The summed E-state index contributed by atoms with van der Waals surface area (Å²) in [6, 6.07) is 8.71. The van der Waals surface area contributed by atoms with Crippen LogP contribution in [0.25, 0.3) is 12.2 Å². The summed E-state index contributed by atoms with van der Waals surface area (Å²) in [7, 11) is 2.78. The Balaban J connectivity index is 0.000000523. The van der Waals surface area contributed by atoms with Crippen LogP contribution in [0.2, 0.25) is 0 Å². The fourth-order valence-electron chi connectivity index (χ4n) is 1.91. The van der Waals surface area contributed by atoms with Crippen molar-refractivity contribution >= 4 is 47.1 Å². The Morgan fingerprint density at radius 3 is 1.41 bits per heavy atom. The van der Waals surface area contributed by atoms with Gasteiger partial charge in [-0.15, -0.1) is 0 Å².